The number of piperidine rings is 1. The summed E-state index contributed by atoms with van der Waals surface area (Å²) in [5.74, 6) is -2.90. The maximum atomic E-state index is 13.7. The summed E-state index contributed by atoms with van der Waals surface area (Å²) in [6, 6.07) is -0.914. The molecule has 0 atom stereocenters. The first kappa shape index (κ1) is 31.4. The van der Waals surface area contributed by atoms with Gasteiger partial charge in [-0.3, -0.25) is 14.5 Å². The third-order valence-electron chi connectivity index (χ3n) is 7.36. The highest BCUT2D eigenvalue weighted by atomic mass is 19.4. The van der Waals surface area contributed by atoms with Gasteiger partial charge in [0.2, 0.25) is 0 Å². The summed E-state index contributed by atoms with van der Waals surface area (Å²) < 4.78 is 57.2. The van der Waals surface area contributed by atoms with Gasteiger partial charge >= 0.3 is 24.0 Å². The summed E-state index contributed by atoms with van der Waals surface area (Å²) in [4.78, 5) is 40.5. The van der Waals surface area contributed by atoms with Crippen LogP contribution in [0.3, 0.4) is 0 Å². The maximum absolute atomic E-state index is 13.7. The number of methoxy groups -OCH3 is 1. The van der Waals surface area contributed by atoms with Gasteiger partial charge in [-0.2, -0.15) is 13.2 Å². The van der Waals surface area contributed by atoms with Crippen molar-refractivity contribution in [3.8, 4) is 5.75 Å². The van der Waals surface area contributed by atoms with Crippen molar-refractivity contribution in [1.29, 1.82) is 0 Å². The predicted octanol–water partition coefficient (Wildman–Crippen LogP) is 5.28. The molecular formula is C29H39F3N2O6. The second-order valence-electron chi connectivity index (χ2n) is 10.6. The van der Waals surface area contributed by atoms with Crippen molar-refractivity contribution in [3.63, 3.8) is 0 Å². The van der Waals surface area contributed by atoms with Gasteiger partial charge in [-0.15, -0.1) is 0 Å². The van der Waals surface area contributed by atoms with Gasteiger partial charge in [0, 0.05) is 30.1 Å². The third kappa shape index (κ3) is 7.35. The largest absolute Gasteiger partial charge is 0.496 e. The molecular weight excluding hydrogens is 529 g/mol. The zero-order valence-corrected chi connectivity index (χ0v) is 23.9. The Kier molecular flexibility index (Phi) is 10.6. The monoisotopic (exact) mass is 568 g/mol. The first-order valence-electron chi connectivity index (χ1n) is 13.7. The van der Waals surface area contributed by atoms with E-state index in [0.29, 0.717) is 35.6 Å². The van der Waals surface area contributed by atoms with Gasteiger partial charge in [-0.05, 0) is 72.0 Å². The minimum absolute atomic E-state index is 0.0528. The lowest BCUT2D eigenvalue weighted by molar-refractivity contribution is -0.170. The fourth-order valence-corrected chi connectivity index (χ4v) is 5.25. The molecule has 1 saturated heterocycles. The topological polar surface area (TPSA) is 85.4 Å². The van der Waals surface area contributed by atoms with E-state index in [9.17, 15) is 27.6 Å². The minimum atomic E-state index is -5.16. The van der Waals surface area contributed by atoms with Crippen molar-refractivity contribution in [2.75, 3.05) is 38.3 Å². The lowest BCUT2D eigenvalue weighted by atomic mass is 9.92. The number of esters is 2. The molecule has 1 amide bonds. The second-order valence-corrected chi connectivity index (χ2v) is 10.6. The second kappa shape index (κ2) is 13.5. The molecule has 2 aliphatic heterocycles. The van der Waals surface area contributed by atoms with E-state index in [1.807, 2.05) is 6.92 Å². The zero-order chi connectivity index (χ0) is 29.6. The van der Waals surface area contributed by atoms with E-state index in [1.165, 1.54) is 27.4 Å². The zero-order valence-electron chi connectivity index (χ0n) is 23.9. The van der Waals surface area contributed by atoms with Crippen molar-refractivity contribution in [1.82, 2.24) is 4.90 Å². The number of anilines is 1. The van der Waals surface area contributed by atoms with Crippen molar-refractivity contribution in [2.45, 2.75) is 85.0 Å². The van der Waals surface area contributed by atoms with Crippen LogP contribution in [0, 0.1) is 6.92 Å². The molecule has 0 N–H and O–H groups in total. The molecule has 0 radical (unpaired) electrons. The lowest BCUT2D eigenvalue weighted by Crippen LogP contribution is -2.46. The quantitative estimate of drug-likeness (QED) is 0.265. The molecule has 222 valence electrons. The summed E-state index contributed by atoms with van der Waals surface area (Å²) in [5, 5.41) is 0. The van der Waals surface area contributed by atoms with Crippen LogP contribution in [0.5, 0.6) is 5.75 Å². The van der Waals surface area contributed by atoms with Crippen LogP contribution in [0.4, 0.5) is 18.9 Å². The van der Waals surface area contributed by atoms with Crippen LogP contribution in [0.2, 0.25) is 0 Å². The molecule has 40 heavy (non-hydrogen) atoms. The summed E-state index contributed by atoms with van der Waals surface area (Å²) in [7, 11) is 1.39. The Labute approximate surface area is 233 Å². The van der Waals surface area contributed by atoms with Crippen LogP contribution < -0.4 is 9.64 Å². The Morgan fingerprint density at radius 3 is 2.42 bits per heavy atom. The van der Waals surface area contributed by atoms with Crippen molar-refractivity contribution in [3.05, 3.63) is 33.9 Å². The number of benzene rings is 1. The molecule has 11 heteroatoms. The number of cyclic esters (lactones) is 1. The number of carbonyl (C=O) groups is 3. The standard InChI is InChI=1S/C29H39F3N2O6/c1-18(2)34(28(37)29(30,31)32)25-21(26(38-5)20(4)22-17-40-27(36)24(22)25)11-9-19(3)10-12-23(35)39-16-15-33-13-7-6-8-14-33/h9,18H,6-8,10-17H2,1-5H3. The maximum Gasteiger partial charge on any atom is 0.471 e. The third-order valence-corrected chi connectivity index (χ3v) is 7.36. The number of ether oxygens (including phenoxy) is 3. The number of hydrogen-bond acceptors (Lipinski definition) is 7. The lowest BCUT2D eigenvalue weighted by Gasteiger charge is -2.32. The van der Waals surface area contributed by atoms with Crippen LogP contribution in [-0.4, -0.2) is 68.3 Å². The Hall–Kier alpha value is -3.08. The Balaban J connectivity index is 1.83. The van der Waals surface area contributed by atoms with Crippen LogP contribution in [0.1, 0.15) is 79.9 Å². The molecule has 8 nitrogen and oxygen atoms in total. The van der Waals surface area contributed by atoms with Gasteiger partial charge in [0.15, 0.2) is 0 Å². The van der Waals surface area contributed by atoms with Crippen molar-refractivity contribution < 1.29 is 41.8 Å². The molecule has 3 rings (SSSR count). The van der Waals surface area contributed by atoms with Gasteiger partial charge < -0.3 is 19.1 Å². The molecule has 1 fully saturated rings. The molecule has 0 aromatic heterocycles. The highest BCUT2D eigenvalue weighted by molar-refractivity contribution is 6.08. The van der Waals surface area contributed by atoms with Gasteiger partial charge in [0.05, 0.1) is 18.4 Å². The molecule has 1 aromatic carbocycles. The number of allylic oxidation sites excluding steroid dienone is 2. The van der Waals surface area contributed by atoms with Crippen molar-refractivity contribution in [2.24, 2.45) is 0 Å². The normalized spacial score (nSPS) is 16.1. The van der Waals surface area contributed by atoms with Gasteiger partial charge in [-0.25, -0.2) is 4.79 Å². The highest BCUT2D eigenvalue weighted by Crippen LogP contribution is 2.44. The molecule has 0 spiro atoms. The van der Waals surface area contributed by atoms with E-state index in [1.54, 1.807) is 13.0 Å². The number of rotatable bonds is 11. The minimum Gasteiger partial charge on any atom is -0.496 e. The molecule has 0 aliphatic carbocycles. The number of halogens is 3. The predicted molar refractivity (Wildman–Crippen MR) is 143 cm³/mol. The van der Waals surface area contributed by atoms with E-state index in [0.717, 1.165) is 31.5 Å². The van der Waals surface area contributed by atoms with Crippen LogP contribution in [0.25, 0.3) is 0 Å². The highest BCUT2D eigenvalue weighted by Gasteiger charge is 2.47. The van der Waals surface area contributed by atoms with Gasteiger partial charge in [-0.1, -0.05) is 18.1 Å². The molecule has 2 aliphatic rings. The Bertz CT molecular complexity index is 1140. The number of fused-ring (bicyclic) bond motifs is 1. The number of carbonyl (C=O) groups excluding carboxylic acids is 3. The first-order chi connectivity index (χ1) is 18.9. The van der Waals surface area contributed by atoms with Crippen LogP contribution >= 0.6 is 0 Å². The fraction of sp³-hybridized carbons (Fsp3) is 0.621. The summed E-state index contributed by atoms with van der Waals surface area (Å²) >= 11 is 0. The molecule has 0 unspecified atom stereocenters. The smallest absolute Gasteiger partial charge is 0.471 e. The fourth-order valence-electron chi connectivity index (χ4n) is 5.25. The number of hydrogen-bond donors (Lipinski definition) is 0. The number of nitrogens with zero attached hydrogens (tertiary/aromatic N) is 2. The number of likely N-dealkylation sites (tertiary alicyclic amines) is 1. The summed E-state index contributed by atoms with van der Waals surface area (Å²) in [6.07, 6.45) is 0.792. The molecule has 2 heterocycles. The SMILES string of the molecule is COc1c(C)c2c(c(N(C(=O)C(F)(F)F)C(C)C)c1CC=C(C)CCC(=O)OCCN1CCCCC1)C(=O)OC2. The van der Waals surface area contributed by atoms with Gasteiger partial charge in [0.25, 0.3) is 0 Å². The molecule has 1 aromatic rings. The molecule has 0 bridgehead atoms. The van der Waals surface area contributed by atoms with E-state index in [2.05, 4.69) is 4.90 Å². The summed E-state index contributed by atoms with van der Waals surface area (Å²) in [5.41, 5.74) is 1.83. The van der Waals surface area contributed by atoms with E-state index >= 15 is 0 Å². The van der Waals surface area contributed by atoms with Crippen LogP contribution in [0.15, 0.2) is 11.6 Å². The average molecular weight is 569 g/mol. The van der Waals surface area contributed by atoms with E-state index < -0.39 is 24.1 Å². The Morgan fingerprint density at radius 1 is 1.15 bits per heavy atom. The molecule has 0 saturated carbocycles. The summed E-state index contributed by atoms with van der Waals surface area (Å²) in [6.45, 7) is 9.38. The first-order valence-corrected chi connectivity index (χ1v) is 13.7. The van der Waals surface area contributed by atoms with E-state index in [-0.39, 0.29) is 48.0 Å². The van der Waals surface area contributed by atoms with Gasteiger partial charge in [0.1, 0.15) is 19.0 Å². The van der Waals surface area contributed by atoms with Crippen LogP contribution in [-0.2, 0) is 32.1 Å². The van der Waals surface area contributed by atoms with Crippen molar-refractivity contribution >= 4 is 23.5 Å². The number of alkyl halides is 3. The average Bonchev–Trinajstić information content (AvgIpc) is 3.29. The number of amides is 1. The Morgan fingerprint density at radius 2 is 1.82 bits per heavy atom. The van der Waals surface area contributed by atoms with E-state index in [4.69, 9.17) is 14.2 Å².